The Balaban J connectivity index is 1.93. The van der Waals surface area contributed by atoms with Crippen molar-refractivity contribution in [1.82, 2.24) is 10.2 Å². The van der Waals surface area contributed by atoms with Crippen LogP contribution in [0.1, 0.15) is 45.4 Å². The van der Waals surface area contributed by atoms with Gasteiger partial charge in [-0.1, -0.05) is 19.3 Å². The predicted octanol–water partition coefficient (Wildman–Crippen LogP) is 1.54. The molecule has 2 aliphatic rings. The second-order valence-corrected chi connectivity index (χ2v) is 8.42. The molecule has 0 bridgehead atoms. The van der Waals surface area contributed by atoms with E-state index in [1.165, 1.54) is 19.3 Å². The highest BCUT2D eigenvalue weighted by atomic mass is 32.2. The molecular formula is C13H24N2O3S. The van der Waals surface area contributed by atoms with Crippen molar-refractivity contribution in [2.45, 2.75) is 57.0 Å². The molecular weight excluding hydrogens is 264 g/mol. The maximum absolute atomic E-state index is 12.2. The van der Waals surface area contributed by atoms with Crippen molar-refractivity contribution in [2.24, 2.45) is 0 Å². The van der Waals surface area contributed by atoms with Crippen LogP contribution in [-0.2, 0) is 9.84 Å². The van der Waals surface area contributed by atoms with Crippen LogP contribution in [0.15, 0.2) is 0 Å². The molecule has 1 saturated heterocycles. The van der Waals surface area contributed by atoms with Crippen molar-refractivity contribution in [1.29, 1.82) is 0 Å². The van der Waals surface area contributed by atoms with Crippen LogP contribution in [0.25, 0.3) is 0 Å². The number of carbonyl (C=O) groups excluding carboxylic acids is 1. The molecule has 1 heterocycles. The maximum atomic E-state index is 12.2. The highest BCUT2D eigenvalue weighted by Gasteiger charge is 2.40. The lowest BCUT2D eigenvalue weighted by Gasteiger charge is -2.34. The van der Waals surface area contributed by atoms with E-state index in [1.807, 2.05) is 14.0 Å². The Bertz CT molecular complexity index is 443. The maximum Gasteiger partial charge on any atom is 0.317 e. The normalized spacial score (nSPS) is 31.1. The van der Waals surface area contributed by atoms with Crippen LogP contribution in [0.2, 0.25) is 0 Å². The summed E-state index contributed by atoms with van der Waals surface area (Å²) in [6, 6.07) is 0.168. The van der Waals surface area contributed by atoms with E-state index in [-0.39, 0.29) is 17.5 Å². The molecule has 1 atom stereocenters. The number of hydrogen-bond acceptors (Lipinski definition) is 3. The average Bonchev–Trinajstić information content (AvgIpc) is 2.63. The Kier molecular flexibility index (Phi) is 4.08. The van der Waals surface area contributed by atoms with E-state index in [9.17, 15) is 13.2 Å². The summed E-state index contributed by atoms with van der Waals surface area (Å²) in [6.07, 6.45) is 6.22. The summed E-state index contributed by atoms with van der Waals surface area (Å²) in [6.45, 7) is 1.82. The predicted molar refractivity (Wildman–Crippen MR) is 74.8 cm³/mol. The fraction of sp³-hybridized carbons (Fsp3) is 0.923. The second kappa shape index (κ2) is 5.31. The minimum absolute atomic E-state index is 0.0598. The van der Waals surface area contributed by atoms with E-state index >= 15 is 0 Å². The molecule has 0 aromatic carbocycles. The summed E-state index contributed by atoms with van der Waals surface area (Å²) < 4.78 is 23.1. The van der Waals surface area contributed by atoms with Gasteiger partial charge in [0.2, 0.25) is 0 Å². The summed E-state index contributed by atoms with van der Waals surface area (Å²) in [5, 5.41) is 2.92. The lowest BCUT2D eigenvalue weighted by atomic mass is 9.94. The molecule has 2 fully saturated rings. The lowest BCUT2D eigenvalue weighted by Crippen LogP contribution is -2.53. The van der Waals surface area contributed by atoms with E-state index < -0.39 is 15.4 Å². The minimum atomic E-state index is -2.98. The Labute approximate surface area is 115 Å². The highest BCUT2D eigenvalue weighted by Crippen LogP contribution is 2.25. The number of carbonyl (C=O) groups is 1. The number of rotatable bonds is 2. The molecule has 19 heavy (non-hydrogen) atoms. The van der Waals surface area contributed by atoms with Gasteiger partial charge in [0.1, 0.15) is 0 Å². The molecule has 6 heteroatoms. The first-order chi connectivity index (χ1) is 8.81. The number of amides is 2. The zero-order chi connectivity index (χ0) is 14.1. The van der Waals surface area contributed by atoms with Gasteiger partial charge in [-0.05, 0) is 26.2 Å². The first-order valence-electron chi connectivity index (χ1n) is 7.07. The van der Waals surface area contributed by atoms with Crippen molar-refractivity contribution in [2.75, 3.05) is 18.6 Å². The fourth-order valence-electron chi connectivity index (χ4n) is 3.09. The molecule has 0 radical (unpaired) electrons. The summed E-state index contributed by atoms with van der Waals surface area (Å²) in [7, 11) is -1.17. The van der Waals surface area contributed by atoms with Gasteiger partial charge in [0, 0.05) is 13.1 Å². The van der Waals surface area contributed by atoms with Gasteiger partial charge in [-0.2, -0.15) is 0 Å². The van der Waals surface area contributed by atoms with E-state index in [0.29, 0.717) is 12.5 Å². The Morgan fingerprint density at radius 2 is 1.89 bits per heavy atom. The molecule has 2 rings (SSSR count). The molecule has 1 N–H and O–H groups in total. The third-order valence-corrected chi connectivity index (χ3v) is 6.26. The molecule has 1 aliphatic heterocycles. The van der Waals surface area contributed by atoms with Gasteiger partial charge in [-0.15, -0.1) is 0 Å². The molecule has 1 saturated carbocycles. The first kappa shape index (κ1) is 14.6. The van der Waals surface area contributed by atoms with Gasteiger partial charge < -0.3 is 10.2 Å². The van der Waals surface area contributed by atoms with E-state index in [0.717, 1.165) is 12.8 Å². The van der Waals surface area contributed by atoms with Crippen molar-refractivity contribution in [3.8, 4) is 0 Å². The number of nitrogens with zero attached hydrogens (tertiary/aromatic N) is 1. The summed E-state index contributed by atoms with van der Waals surface area (Å²) in [4.78, 5) is 14.0. The monoisotopic (exact) mass is 288 g/mol. The molecule has 0 spiro atoms. The smallest absolute Gasteiger partial charge is 0.317 e. The second-order valence-electron chi connectivity index (χ2n) is 6.24. The van der Waals surface area contributed by atoms with Crippen LogP contribution in [0.3, 0.4) is 0 Å². The van der Waals surface area contributed by atoms with Crippen molar-refractivity contribution < 1.29 is 13.2 Å². The van der Waals surface area contributed by atoms with Crippen molar-refractivity contribution in [3.05, 3.63) is 0 Å². The van der Waals surface area contributed by atoms with Gasteiger partial charge in [-0.25, -0.2) is 13.2 Å². The minimum Gasteiger partial charge on any atom is -0.332 e. The van der Waals surface area contributed by atoms with E-state index in [1.54, 1.807) is 4.90 Å². The zero-order valence-corrected chi connectivity index (χ0v) is 12.6. The highest BCUT2D eigenvalue weighted by molar-refractivity contribution is 7.91. The average molecular weight is 288 g/mol. The summed E-state index contributed by atoms with van der Waals surface area (Å²) >= 11 is 0. The summed E-state index contributed by atoms with van der Waals surface area (Å²) in [5.41, 5.74) is -0.598. The van der Waals surface area contributed by atoms with Crippen LogP contribution in [0.4, 0.5) is 4.79 Å². The third kappa shape index (κ3) is 3.61. The molecule has 2 amide bonds. The van der Waals surface area contributed by atoms with Crippen molar-refractivity contribution in [3.63, 3.8) is 0 Å². The summed E-state index contributed by atoms with van der Waals surface area (Å²) in [5.74, 6) is 0.237. The van der Waals surface area contributed by atoms with Gasteiger partial charge >= 0.3 is 6.03 Å². The largest absolute Gasteiger partial charge is 0.332 e. The molecule has 0 aromatic heterocycles. The van der Waals surface area contributed by atoms with Gasteiger partial charge in [0.25, 0.3) is 0 Å². The molecule has 110 valence electrons. The van der Waals surface area contributed by atoms with Crippen LogP contribution in [0, 0.1) is 0 Å². The molecule has 5 nitrogen and oxygen atoms in total. The van der Waals surface area contributed by atoms with Gasteiger partial charge in [0.15, 0.2) is 9.84 Å². The fourth-order valence-corrected chi connectivity index (χ4v) is 5.18. The third-order valence-electron chi connectivity index (χ3n) is 4.35. The number of hydrogen-bond donors (Lipinski definition) is 1. The Morgan fingerprint density at radius 3 is 2.42 bits per heavy atom. The zero-order valence-electron chi connectivity index (χ0n) is 11.8. The first-order valence-corrected chi connectivity index (χ1v) is 8.89. The van der Waals surface area contributed by atoms with Gasteiger partial charge in [-0.3, -0.25) is 0 Å². The van der Waals surface area contributed by atoms with Crippen LogP contribution < -0.4 is 5.32 Å². The van der Waals surface area contributed by atoms with Gasteiger partial charge in [0.05, 0.1) is 17.0 Å². The standard InChI is InChI=1S/C13H24N2O3S/c1-13(8-9-19(17,18)10-13)14-12(16)15(2)11-6-4-3-5-7-11/h11H,3-10H2,1-2H3,(H,14,16)/t13-/m1/s1. The Morgan fingerprint density at radius 1 is 1.26 bits per heavy atom. The quantitative estimate of drug-likeness (QED) is 0.838. The molecule has 1 aliphatic carbocycles. The van der Waals surface area contributed by atoms with E-state index in [4.69, 9.17) is 0 Å². The van der Waals surface area contributed by atoms with Crippen molar-refractivity contribution >= 4 is 15.9 Å². The molecule has 0 unspecified atom stereocenters. The molecule has 0 aromatic rings. The number of urea groups is 1. The Hall–Kier alpha value is -0.780. The number of sulfone groups is 1. The van der Waals surface area contributed by atoms with Crippen LogP contribution in [-0.4, -0.2) is 49.5 Å². The van der Waals surface area contributed by atoms with Crippen LogP contribution in [0.5, 0.6) is 0 Å². The van der Waals surface area contributed by atoms with Crippen LogP contribution >= 0.6 is 0 Å². The van der Waals surface area contributed by atoms with E-state index in [2.05, 4.69) is 5.32 Å². The topological polar surface area (TPSA) is 66.5 Å². The number of nitrogens with one attached hydrogen (secondary N) is 1. The SMILES string of the molecule is CN(C(=O)N[C@]1(C)CCS(=O)(=O)C1)C1CCCCC1. The lowest BCUT2D eigenvalue weighted by molar-refractivity contribution is 0.165.